The van der Waals surface area contributed by atoms with Crippen molar-refractivity contribution in [1.82, 2.24) is 9.97 Å². The molecule has 4 nitrogen and oxygen atoms in total. The first-order valence-electron chi connectivity index (χ1n) is 9.44. The Bertz CT molecular complexity index is 502. The molecule has 0 radical (unpaired) electrons. The van der Waals surface area contributed by atoms with Gasteiger partial charge in [0.05, 0.1) is 0 Å². The van der Waals surface area contributed by atoms with Crippen molar-refractivity contribution >= 4 is 11.7 Å². The van der Waals surface area contributed by atoms with Gasteiger partial charge >= 0.3 is 0 Å². The lowest BCUT2D eigenvalue weighted by atomic mass is 9.90. The molecule has 136 valence electrons. The molecular weight excluding hydrogens is 298 g/mol. The van der Waals surface area contributed by atoms with Crippen molar-refractivity contribution in [3.8, 4) is 0 Å². The number of hydrogen-bond acceptors (Lipinski definition) is 3. The predicted molar refractivity (Wildman–Crippen MR) is 101 cm³/mol. The van der Waals surface area contributed by atoms with Crippen molar-refractivity contribution in [3.63, 3.8) is 0 Å². The van der Waals surface area contributed by atoms with Crippen LogP contribution in [0.5, 0.6) is 0 Å². The standard InChI is InChI=1S/C20H35N3O/c1-7-10-16-14-21-15-22-19(16)23(17(11-8-2)12-9-3)18(24)13-20(4,5)6/h14-15,17H,7-13H2,1-6H3. The lowest BCUT2D eigenvalue weighted by Gasteiger charge is -2.34. The molecule has 0 spiro atoms. The zero-order valence-electron chi connectivity index (χ0n) is 16.4. The minimum atomic E-state index is -0.0315. The summed E-state index contributed by atoms with van der Waals surface area (Å²) < 4.78 is 0. The van der Waals surface area contributed by atoms with Crippen LogP contribution in [0.25, 0.3) is 0 Å². The van der Waals surface area contributed by atoms with E-state index < -0.39 is 0 Å². The fourth-order valence-electron chi connectivity index (χ4n) is 3.12. The Balaban J connectivity index is 3.28. The van der Waals surface area contributed by atoms with E-state index in [1.807, 2.05) is 11.1 Å². The van der Waals surface area contributed by atoms with Gasteiger partial charge in [0.15, 0.2) is 0 Å². The van der Waals surface area contributed by atoms with E-state index in [2.05, 4.69) is 51.5 Å². The Morgan fingerprint density at radius 3 is 2.25 bits per heavy atom. The largest absolute Gasteiger partial charge is 0.293 e. The van der Waals surface area contributed by atoms with Crippen LogP contribution in [-0.4, -0.2) is 21.9 Å². The van der Waals surface area contributed by atoms with Gasteiger partial charge in [-0.15, -0.1) is 0 Å². The first kappa shape index (κ1) is 20.6. The van der Waals surface area contributed by atoms with Gasteiger partial charge in [-0.25, -0.2) is 9.97 Å². The molecule has 0 bridgehead atoms. The SMILES string of the molecule is CCCc1cncnc1N(C(=O)CC(C)(C)C)C(CCC)CCC. The first-order chi connectivity index (χ1) is 11.3. The number of nitrogens with zero attached hydrogens (tertiary/aromatic N) is 3. The molecule has 0 aromatic carbocycles. The van der Waals surface area contributed by atoms with E-state index in [1.54, 1.807) is 6.33 Å². The monoisotopic (exact) mass is 333 g/mol. The van der Waals surface area contributed by atoms with Crippen LogP contribution in [0.3, 0.4) is 0 Å². The van der Waals surface area contributed by atoms with Crippen molar-refractivity contribution in [2.24, 2.45) is 5.41 Å². The van der Waals surface area contributed by atoms with Gasteiger partial charge in [-0.2, -0.15) is 0 Å². The van der Waals surface area contributed by atoms with Crippen LogP contribution in [-0.2, 0) is 11.2 Å². The van der Waals surface area contributed by atoms with E-state index in [-0.39, 0.29) is 17.4 Å². The molecule has 0 aliphatic heterocycles. The molecule has 0 saturated carbocycles. The van der Waals surface area contributed by atoms with Crippen molar-refractivity contribution in [2.75, 3.05) is 4.90 Å². The van der Waals surface area contributed by atoms with Gasteiger partial charge in [-0.05, 0) is 24.7 Å². The van der Waals surface area contributed by atoms with Gasteiger partial charge in [0, 0.05) is 24.2 Å². The number of aromatic nitrogens is 2. The Morgan fingerprint density at radius 2 is 1.75 bits per heavy atom. The lowest BCUT2D eigenvalue weighted by Crippen LogP contribution is -2.43. The second kappa shape index (κ2) is 9.75. The summed E-state index contributed by atoms with van der Waals surface area (Å²) in [7, 11) is 0. The van der Waals surface area contributed by atoms with E-state index >= 15 is 0 Å². The molecule has 0 unspecified atom stereocenters. The minimum Gasteiger partial charge on any atom is -0.293 e. The summed E-state index contributed by atoms with van der Waals surface area (Å²) in [5.74, 6) is 1.01. The molecular formula is C20H35N3O. The number of carbonyl (C=O) groups is 1. The molecule has 0 fully saturated rings. The fraction of sp³-hybridized carbons (Fsp3) is 0.750. The number of rotatable bonds is 9. The third kappa shape index (κ3) is 6.21. The van der Waals surface area contributed by atoms with Crippen LogP contribution in [0, 0.1) is 5.41 Å². The van der Waals surface area contributed by atoms with Crippen LogP contribution in [0.15, 0.2) is 12.5 Å². The van der Waals surface area contributed by atoms with E-state index in [4.69, 9.17) is 0 Å². The molecule has 0 atom stereocenters. The van der Waals surface area contributed by atoms with Gasteiger partial charge in [-0.1, -0.05) is 60.8 Å². The topological polar surface area (TPSA) is 46.1 Å². The second-order valence-corrected chi connectivity index (χ2v) is 7.85. The summed E-state index contributed by atoms with van der Waals surface area (Å²) >= 11 is 0. The highest BCUT2D eigenvalue weighted by Gasteiger charge is 2.29. The van der Waals surface area contributed by atoms with Crippen molar-refractivity contribution in [3.05, 3.63) is 18.1 Å². The number of carbonyl (C=O) groups excluding carboxylic acids is 1. The quantitative estimate of drug-likeness (QED) is 0.626. The van der Waals surface area contributed by atoms with Gasteiger partial charge in [0.1, 0.15) is 12.1 Å². The number of amides is 1. The molecule has 0 aliphatic rings. The van der Waals surface area contributed by atoms with Crippen LogP contribution in [0.2, 0.25) is 0 Å². The average molecular weight is 334 g/mol. The Hall–Kier alpha value is -1.45. The molecule has 0 aliphatic carbocycles. The molecule has 24 heavy (non-hydrogen) atoms. The number of anilines is 1. The van der Waals surface area contributed by atoms with Gasteiger partial charge < -0.3 is 0 Å². The highest BCUT2D eigenvalue weighted by atomic mass is 16.2. The van der Waals surface area contributed by atoms with E-state index in [9.17, 15) is 4.79 Å². The summed E-state index contributed by atoms with van der Waals surface area (Å²) in [4.78, 5) is 23.9. The summed E-state index contributed by atoms with van der Waals surface area (Å²) in [6, 6.07) is 0.223. The van der Waals surface area contributed by atoms with Gasteiger partial charge in [0.2, 0.25) is 5.91 Å². The highest BCUT2D eigenvalue weighted by molar-refractivity contribution is 5.94. The summed E-state index contributed by atoms with van der Waals surface area (Å²) in [5.41, 5.74) is 1.05. The van der Waals surface area contributed by atoms with Crippen molar-refractivity contribution < 1.29 is 4.79 Å². The summed E-state index contributed by atoms with van der Waals surface area (Å²) in [6.45, 7) is 12.9. The highest BCUT2D eigenvalue weighted by Crippen LogP contribution is 2.29. The van der Waals surface area contributed by atoms with Crippen LogP contribution < -0.4 is 4.90 Å². The number of aryl methyl sites for hydroxylation is 1. The van der Waals surface area contributed by atoms with E-state index in [1.165, 1.54) is 0 Å². The third-order valence-electron chi connectivity index (χ3n) is 4.07. The maximum atomic E-state index is 13.2. The van der Waals surface area contributed by atoms with Crippen LogP contribution >= 0.6 is 0 Å². The molecule has 1 aromatic heterocycles. The molecule has 1 rings (SSSR count). The van der Waals surface area contributed by atoms with Crippen molar-refractivity contribution in [2.45, 2.75) is 92.5 Å². The maximum Gasteiger partial charge on any atom is 0.228 e. The minimum absolute atomic E-state index is 0.0315. The zero-order chi connectivity index (χ0) is 18.2. The Kier molecular flexibility index (Phi) is 8.37. The maximum absolute atomic E-state index is 13.2. The number of hydrogen-bond donors (Lipinski definition) is 0. The summed E-state index contributed by atoms with van der Waals surface area (Å²) in [5, 5.41) is 0. The Labute approximate surface area is 148 Å². The average Bonchev–Trinajstić information content (AvgIpc) is 2.48. The zero-order valence-corrected chi connectivity index (χ0v) is 16.4. The first-order valence-corrected chi connectivity index (χ1v) is 9.44. The third-order valence-corrected chi connectivity index (χ3v) is 4.07. The molecule has 1 heterocycles. The fourth-order valence-corrected chi connectivity index (χ4v) is 3.12. The normalized spacial score (nSPS) is 11.8. The molecule has 0 N–H and O–H groups in total. The van der Waals surface area contributed by atoms with Crippen LogP contribution in [0.4, 0.5) is 5.82 Å². The second-order valence-electron chi connectivity index (χ2n) is 7.85. The van der Waals surface area contributed by atoms with Gasteiger partial charge in [-0.3, -0.25) is 9.69 Å². The molecule has 1 amide bonds. The lowest BCUT2D eigenvalue weighted by molar-refractivity contribution is -0.120. The van der Waals surface area contributed by atoms with E-state index in [0.29, 0.717) is 6.42 Å². The molecule has 0 saturated heterocycles. The van der Waals surface area contributed by atoms with Crippen molar-refractivity contribution in [1.29, 1.82) is 0 Å². The van der Waals surface area contributed by atoms with E-state index in [0.717, 1.165) is 49.9 Å². The molecule has 1 aromatic rings. The molecule has 4 heteroatoms. The predicted octanol–water partition coefficient (Wildman–Crippen LogP) is 5.17. The Morgan fingerprint density at radius 1 is 1.12 bits per heavy atom. The smallest absolute Gasteiger partial charge is 0.228 e. The summed E-state index contributed by atoms with van der Waals surface area (Å²) in [6.07, 6.45) is 10.1. The van der Waals surface area contributed by atoms with Crippen LogP contribution in [0.1, 0.15) is 85.6 Å². The van der Waals surface area contributed by atoms with Gasteiger partial charge in [0.25, 0.3) is 0 Å².